The molecule has 1 aliphatic rings. The van der Waals surface area contributed by atoms with Gasteiger partial charge in [-0.05, 0) is 19.0 Å². The molecule has 0 saturated carbocycles. The van der Waals surface area contributed by atoms with Gasteiger partial charge in [-0.25, -0.2) is 4.98 Å². The lowest BCUT2D eigenvalue weighted by atomic mass is 10.2. The third-order valence-electron chi connectivity index (χ3n) is 3.07. The molecular formula is C12H19ClN4. The van der Waals surface area contributed by atoms with Crippen LogP contribution in [0.15, 0.2) is 12.3 Å². The minimum atomic E-state index is 0.593. The van der Waals surface area contributed by atoms with E-state index in [1.807, 2.05) is 0 Å². The first-order valence-corrected chi connectivity index (χ1v) is 6.47. The van der Waals surface area contributed by atoms with Gasteiger partial charge in [-0.1, -0.05) is 18.5 Å². The van der Waals surface area contributed by atoms with Gasteiger partial charge in [0.05, 0.1) is 10.7 Å². The number of aromatic nitrogens is 1. The summed E-state index contributed by atoms with van der Waals surface area (Å²) in [5, 5.41) is 0.593. The van der Waals surface area contributed by atoms with E-state index in [2.05, 4.69) is 21.7 Å². The van der Waals surface area contributed by atoms with E-state index < -0.39 is 0 Å². The summed E-state index contributed by atoms with van der Waals surface area (Å²) in [6.07, 6.45) is 2.87. The molecular weight excluding hydrogens is 236 g/mol. The van der Waals surface area contributed by atoms with E-state index >= 15 is 0 Å². The van der Waals surface area contributed by atoms with Crippen molar-refractivity contribution in [3.63, 3.8) is 0 Å². The number of nitrogens with zero attached hydrogens (tertiary/aromatic N) is 3. The molecule has 2 N–H and O–H groups in total. The average molecular weight is 255 g/mol. The summed E-state index contributed by atoms with van der Waals surface area (Å²) in [5.74, 6) is 0.866. The van der Waals surface area contributed by atoms with Crippen molar-refractivity contribution in [1.29, 1.82) is 0 Å². The van der Waals surface area contributed by atoms with Gasteiger partial charge in [-0.3, -0.25) is 4.90 Å². The van der Waals surface area contributed by atoms with Crippen LogP contribution in [-0.4, -0.2) is 42.6 Å². The Morgan fingerprint density at radius 2 is 2.06 bits per heavy atom. The molecule has 0 atom stereocenters. The van der Waals surface area contributed by atoms with Crippen LogP contribution in [0.4, 0.5) is 11.5 Å². The lowest BCUT2D eigenvalue weighted by Crippen LogP contribution is -2.47. The minimum Gasteiger partial charge on any atom is -0.396 e. The van der Waals surface area contributed by atoms with Gasteiger partial charge < -0.3 is 10.6 Å². The van der Waals surface area contributed by atoms with Crippen LogP contribution >= 0.6 is 11.6 Å². The van der Waals surface area contributed by atoms with Crippen LogP contribution in [0.1, 0.15) is 13.3 Å². The number of hydrogen-bond donors (Lipinski definition) is 1. The van der Waals surface area contributed by atoms with E-state index in [9.17, 15) is 0 Å². The fourth-order valence-electron chi connectivity index (χ4n) is 2.21. The van der Waals surface area contributed by atoms with Crippen molar-refractivity contribution in [3.05, 3.63) is 17.3 Å². The zero-order chi connectivity index (χ0) is 12.3. The highest BCUT2D eigenvalue weighted by atomic mass is 35.5. The molecule has 2 heterocycles. The molecule has 0 aromatic carbocycles. The fourth-order valence-corrected chi connectivity index (χ4v) is 2.38. The predicted octanol–water partition coefficient (Wildman–Crippen LogP) is 1.85. The molecule has 0 unspecified atom stereocenters. The molecule has 0 amide bonds. The highest BCUT2D eigenvalue weighted by Gasteiger charge is 2.18. The van der Waals surface area contributed by atoms with Crippen molar-refractivity contribution >= 4 is 23.1 Å². The van der Waals surface area contributed by atoms with Gasteiger partial charge in [0.15, 0.2) is 5.82 Å². The van der Waals surface area contributed by atoms with Crippen molar-refractivity contribution in [3.8, 4) is 0 Å². The quantitative estimate of drug-likeness (QED) is 0.894. The van der Waals surface area contributed by atoms with E-state index in [0.717, 1.165) is 32.0 Å². The van der Waals surface area contributed by atoms with E-state index in [0.29, 0.717) is 10.7 Å². The van der Waals surface area contributed by atoms with Crippen LogP contribution in [0.3, 0.4) is 0 Å². The summed E-state index contributed by atoms with van der Waals surface area (Å²) in [7, 11) is 0. The second kappa shape index (κ2) is 5.56. The van der Waals surface area contributed by atoms with Crippen LogP contribution in [0.2, 0.25) is 5.02 Å². The zero-order valence-corrected chi connectivity index (χ0v) is 11.0. The van der Waals surface area contributed by atoms with E-state index in [1.54, 1.807) is 12.3 Å². The van der Waals surface area contributed by atoms with Crippen molar-refractivity contribution < 1.29 is 0 Å². The average Bonchev–Trinajstić information content (AvgIpc) is 2.31. The highest BCUT2D eigenvalue weighted by Crippen LogP contribution is 2.24. The Kier molecular flexibility index (Phi) is 4.07. The number of nitrogens with two attached hydrogens (primary N) is 1. The summed E-state index contributed by atoms with van der Waals surface area (Å²) < 4.78 is 0. The Morgan fingerprint density at radius 3 is 2.65 bits per heavy atom. The van der Waals surface area contributed by atoms with Gasteiger partial charge in [0, 0.05) is 32.4 Å². The topological polar surface area (TPSA) is 45.4 Å². The molecule has 5 heteroatoms. The first kappa shape index (κ1) is 12.5. The zero-order valence-electron chi connectivity index (χ0n) is 10.2. The smallest absolute Gasteiger partial charge is 0.151 e. The molecule has 2 rings (SSSR count). The standard InChI is InChI=1S/C12H19ClN4/c1-2-3-16-4-6-17(7-5-16)12-11(14)8-10(13)9-15-12/h8-9H,2-7,14H2,1H3. The number of nitrogen functional groups attached to an aromatic ring is 1. The molecule has 1 fully saturated rings. The molecule has 0 radical (unpaired) electrons. The summed E-state index contributed by atoms with van der Waals surface area (Å²) in [6.45, 7) is 7.52. The second-order valence-corrected chi connectivity index (χ2v) is 4.83. The third kappa shape index (κ3) is 3.01. The van der Waals surface area contributed by atoms with Crippen LogP contribution in [0.25, 0.3) is 0 Å². The predicted molar refractivity (Wildman–Crippen MR) is 72.6 cm³/mol. The number of piperazine rings is 1. The van der Waals surface area contributed by atoms with Gasteiger partial charge in [0.1, 0.15) is 0 Å². The molecule has 1 aromatic rings. The number of pyridine rings is 1. The van der Waals surface area contributed by atoms with E-state index in [1.165, 1.54) is 13.0 Å². The lowest BCUT2D eigenvalue weighted by Gasteiger charge is -2.35. The van der Waals surface area contributed by atoms with Gasteiger partial charge in [-0.15, -0.1) is 0 Å². The van der Waals surface area contributed by atoms with E-state index in [-0.39, 0.29) is 0 Å². The Labute approximate surface area is 107 Å². The molecule has 1 aromatic heterocycles. The normalized spacial score (nSPS) is 17.4. The molecule has 1 aliphatic heterocycles. The summed E-state index contributed by atoms with van der Waals surface area (Å²) in [5.41, 5.74) is 6.61. The first-order chi connectivity index (χ1) is 8.20. The lowest BCUT2D eigenvalue weighted by molar-refractivity contribution is 0.258. The van der Waals surface area contributed by atoms with Crippen LogP contribution in [0, 0.1) is 0 Å². The number of hydrogen-bond acceptors (Lipinski definition) is 4. The van der Waals surface area contributed by atoms with Crippen molar-refractivity contribution in [2.24, 2.45) is 0 Å². The number of anilines is 2. The number of halogens is 1. The highest BCUT2D eigenvalue weighted by molar-refractivity contribution is 6.30. The summed E-state index contributed by atoms with van der Waals surface area (Å²) in [4.78, 5) is 9.03. The largest absolute Gasteiger partial charge is 0.396 e. The van der Waals surface area contributed by atoms with Crippen LogP contribution in [-0.2, 0) is 0 Å². The van der Waals surface area contributed by atoms with Crippen LogP contribution < -0.4 is 10.6 Å². The fraction of sp³-hybridized carbons (Fsp3) is 0.583. The molecule has 0 aliphatic carbocycles. The van der Waals surface area contributed by atoms with Crippen molar-refractivity contribution in [2.75, 3.05) is 43.4 Å². The Hall–Kier alpha value is -1.00. The summed E-state index contributed by atoms with van der Waals surface area (Å²) >= 11 is 5.85. The Balaban J connectivity index is 2.00. The maximum absolute atomic E-state index is 5.94. The summed E-state index contributed by atoms with van der Waals surface area (Å²) in [6, 6.07) is 1.77. The third-order valence-corrected chi connectivity index (χ3v) is 3.28. The minimum absolute atomic E-state index is 0.593. The van der Waals surface area contributed by atoms with E-state index in [4.69, 9.17) is 17.3 Å². The SMILES string of the molecule is CCCN1CCN(c2ncc(Cl)cc2N)CC1. The van der Waals surface area contributed by atoms with Crippen molar-refractivity contribution in [2.45, 2.75) is 13.3 Å². The number of rotatable bonds is 3. The van der Waals surface area contributed by atoms with Gasteiger partial charge in [0.2, 0.25) is 0 Å². The maximum atomic E-state index is 5.94. The van der Waals surface area contributed by atoms with Crippen molar-refractivity contribution in [1.82, 2.24) is 9.88 Å². The monoisotopic (exact) mass is 254 g/mol. The Morgan fingerprint density at radius 1 is 1.35 bits per heavy atom. The first-order valence-electron chi connectivity index (χ1n) is 6.09. The molecule has 17 heavy (non-hydrogen) atoms. The molecule has 4 nitrogen and oxygen atoms in total. The van der Waals surface area contributed by atoms with Gasteiger partial charge in [-0.2, -0.15) is 0 Å². The molecule has 1 saturated heterocycles. The van der Waals surface area contributed by atoms with Gasteiger partial charge in [0.25, 0.3) is 0 Å². The van der Waals surface area contributed by atoms with Crippen LogP contribution in [0.5, 0.6) is 0 Å². The van der Waals surface area contributed by atoms with Gasteiger partial charge >= 0.3 is 0 Å². The Bertz CT molecular complexity index is 375. The molecule has 94 valence electrons. The molecule has 0 spiro atoms. The maximum Gasteiger partial charge on any atom is 0.151 e. The second-order valence-electron chi connectivity index (χ2n) is 4.40. The molecule has 0 bridgehead atoms.